The standard InChI is InChI=1S/C25H32N2O3/c1-18-13-14-19(2)23(15-18)30-17-24(28)27(16-21-9-5-4-6-10-21)20(3)25(29)26-22-11-7-8-12-22/h4-6,9-10,13-15,20,22H,7-8,11-12,16-17H2,1-3H3,(H,26,29)/t20-/m0/s1. The quantitative estimate of drug-likeness (QED) is 0.714. The number of amides is 2. The molecule has 0 heterocycles. The van der Waals surface area contributed by atoms with Crippen LogP contribution in [0.3, 0.4) is 0 Å². The average molecular weight is 409 g/mol. The van der Waals surface area contributed by atoms with Crippen LogP contribution in [0.25, 0.3) is 0 Å². The zero-order valence-corrected chi connectivity index (χ0v) is 18.2. The van der Waals surface area contributed by atoms with Gasteiger partial charge in [-0.05, 0) is 56.4 Å². The summed E-state index contributed by atoms with van der Waals surface area (Å²) >= 11 is 0. The van der Waals surface area contributed by atoms with Crippen molar-refractivity contribution in [3.63, 3.8) is 0 Å². The van der Waals surface area contributed by atoms with Gasteiger partial charge in [-0.2, -0.15) is 0 Å². The van der Waals surface area contributed by atoms with Crippen LogP contribution in [-0.2, 0) is 16.1 Å². The van der Waals surface area contributed by atoms with Crippen molar-refractivity contribution in [2.75, 3.05) is 6.61 Å². The molecule has 0 aromatic heterocycles. The molecule has 1 fully saturated rings. The molecule has 1 aliphatic carbocycles. The Kier molecular flexibility index (Phi) is 7.50. The average Bonchev–Trinajstić information content (AvgIpc) is 3.25. The molecule has 2 aromatic rings. The molecule has 2 amide bonds. The van der Waals surface area contributed by atoms with E-state index in [0.717, 1.165) is 42.4 Å². The van der Waals surface area contributed by atoms with Crippen molar-refractivity contribution in [1.29, 1.82) is 0 Å². The second kappa shape index (κ2) is 10.3. The summed E-state index contributed by atoms with van der Waals surface area (Å²) in [6.07, 6.45) is 4.33. The van der Waals surface area contributed by atoms with E-state index >= 15 is 0 Å². The summed E-state index contributed by atoms with van der Waals surface area (Å²) in [5.41, 5.74) is 3.04. The van der Waals surface area contributed by atoms with Crippen LogP contribution in [-0.4, -0.2) is 35.4 Å². The van der Waals surface area contributed by atoms with Gasteiger partial charge in [-0.1, -0.05) is 55.3 Å². The second-order valence-electron chi connectivity index (χ2n) is 8.23. The van der Waals surface area contributed by atoms with Crippen LogP contribution in [0.2, 0.25) is 0 Å². The summed E-state index contributed by atoms with van der Waals surface area (Å²) in [4.78, 5) is 27.6. The third-order valence-electron chi connectivity index (χ3n) is 5.76. The number of carbonyl (C=O) groups is 2. The monoisotopic (exact) mass is 408 g/mol. The molecule has 1 atom stereocenters. The second-order valence-corrected chi connectivity index (χ2v) is 8.23. The van der Waals surface area contributed by atoms with Crippen LogP contribution >= 0.6 is 0 Å². The van der Waals surface area contributed by atoms with E-state index in [9.17, 15) is 9.59 Å². The van der Waals surface area contributed by atoms with Gasteiger partial charge in [0, 0.05) is 12.6 Å². The number of ether oxygens (including phenoxy) is 1. The number of hydrogen-bond donors (Lipinski definition) is 1. The van der Waals surface area contributed by atoms with Crippen LogP contribution in [0.15, 0.2) is 48.5 Å². The number of carbonyl (C=O) groups excluding carboxylic acids is 2. The zero-order chi connectivity index (χ0) is 21.5. The van der Waals surface area contributed by atoms with E-state index in [-0.39, 0.29) is 24.5 Å². The molecule has 0 aliphatic heterocycles. The lowest BCUT2D eigenvalue weighted by atomic mass is 10.1. The predicted octanol–water partition coefficient (Wildman–Crippen LogP) is 4.16. The fraction of sp³-hybridized carbons (Fsp3) is 0.440. The van der Waals surface area contributed by atoms with Gasteiger partial charge in [0.2, 0.25) is 5.91 Å². The highest BCUT2D eigenvalue weighted by atomic mass is 16.5. The van der Waals surface area contributed by atoms with E-state index in [1.807, 2.05) is 62.4 Å². The lowest BCUT2D eigenvalue weighted by Crippen LogP contribution is -2.50. The topological polar surface area (TPSA) is 58.6 Å². The smallest absolute Gasteiger partial charge is 0.261 e. The van der Waals surface area contributed by atoms with E-state index < -0.39 is 6.04 Å². The molecule has 30 heavy (non-hydrogen) atoms. The summed E-state index contributed by atoms with van der Waals surface area (Å²) in [5, 5.41) is 3.12. The van der Waals surface area contributed by atoms with Gasteiger partial charge in [0.25, 0.3) is 5.91 Å². The van der Waals surface area contributed by atoms with Gasteiger partial charge in [0.15, 0.2) is 6.61 Å². The van der Waals surface area contributed by atoms with Crippen molar-refractivity contribution in [2.24, 2.45) is 0 Å². The maximum atomic E-state index is 13.1. The Balaban J connectivity index is 1.71. The summed E-state index contributed by atoms with van der Waals surface area (Å²) in [6.45, 7) is 6.01. The number of benzene rings is 2. The molecule has 2 aromatic carbocycles. The van der Waals surface area contributed by atoms with Gasteiger partial charge in [0.1, 0.15) is 11.8 Å². The highest BCUT2D eigenvalue weighted by Gasteiger charge is 2.28. The molecule has 0 saturated heterocycles. The first-order valence-electron chi connectivity index (χ1n) is 10.8. The van der Waals surface area contributed by atoms with Gasteiger partial charge in [-0.25, -0.2) is 0 Å². The molecule has 0 radical (unpaired) electrons. The lowest BCUT2D eigenvalue weighted by molar-refractivity contribution is -0.142. The number of rotatable bonds is 8. The van der Waals surface area contributed by atoms with E-state index in [4.69, 9.17) is 4.74 Å². The fourth-order valence-corrected chi connectivity index (χ4v) is 3.84. The summed E-state index contributed by atoms with van der Waals surface area (Å²) < 4.78 is 5.84. The Morgan fingerprint density at radius 2 is 1.80 bits per heavy atom. The first-order valence-corrected chi connectivity index (χ1v) is 10.8. The van der Waals surface area contributed by atoms with Gasteiger partial charge < -0.3 is 15.0 Å². The molecule has 5 heteroatoms. The highest BCUT2D eigenvalue weighted by Crippen LogP contribution is 2.20. The van der Waals surface area contributed by atoms with Crippen LogP contribution < -0.4 is 10.1 Å². The molecular weight excluding hydrogens is 376 g/mol. The molecule has 0 bridgehead atoms. The third kappa shape index (κ3) is 5.85. The van der Waals surface area contributed by atoms with Crippen LogP contribution in [0.1, 0.15) is 49.3 Å². The van der Waals surface area contributed by atoms with Crippen molar-refractivity contribution in [3.8, 4) is 5.75 Å². The molecule has 5 nitrogen and oxygen atoms in total. The van der Waals surface area contributed by atoms with E-state index in [0.29, 0.717) is 12.3 Å². The van der Waals surface area contributed by atoms with Crippen molar-refractivity contribution in [1.82, 2.24) is 10.2 Å². The molecule has 1 saturated carbocycles. The maximum absolute atomic E-state index is 13.1. The predicted molar refractivity (Wildman–Crippen MR) is 118 cm³/mol. The molecule has 1 aliphatic rings. The summed E-state index contributed by atoms with van der Waals surface area (Å²) in [7, 11) is 0. The Hall–Kier alpha value is -2.82. The van der Waals surface area contributed by atoms with Crippen molar-refractivity contribution < 1.29 is 14.3 Å². The Bertz CT molecular complexity index is 860. The third-order valence-corrected chi connectivity index (χ3v) is 5.76. The van der Waals surface area contributed by atoms with Gasteiger partial charge in [0.05, 0.1) is 0 Å². The number of aryl methyl sites for hydroxylation is 2. The van der Waals surface area contributed by atoms with Crippen LogP contribution in [0.4, 0.5) is 0 Å². The highest BCUT2D eigenvalue weighted by molar-refractivity contribution is 5.88. The minimum absolute atomic E-state index is 0.0990. The first kappa shape index (κ1) is 21.9. The fourth-order valence-electron chi connectivity index (χ4n) is 3.84. The lowest BCUT2D eigenvalue weighted by Gasteiger charge is -2.29. The van der Waals surface area contributed by atoms with Gasteiger partial charge in [-0.3, -0.25) is 9.59 Å². The van der Waals surface area contributed by atoms with E-state index in [1.165, 1.54) is 0 Å². The molecule has 3 rings (SSSR count). The zero-order valence-electron chi connectivity index (χ0n) is 18.2. The van der Waals surface area contributed by atoms with Crippen molar-refractivity contribution in [2.45, 2.75) is 65.1 Å². The normalized spacial score (nSPS) is 14.9. The minimum Gasteiger partial charge on any atom is -0.483 e. The maximum Gasteiger partial charge on any atom is 0.261 e. The Morgan fingerprint density at radius 1 is 1.10 bits per heavy atom. The van der Waals surface area contributed by atoms with Crippen LogP contribution in [0.5, 0.6) is 5.75 Å². The van der Waals surface area contributed by atoms with E-state index in [1.54, 1.807) is 11.8 Å². The molecule has 1 N–H and O–H groups in total. The van der Waals surface area contributed by atoms with Gasteiger partial charge in [-0.15, -0.1) is 0 Å². The number of nitrogens with zero attached hydrogens (tertiary/aromatic N) is 1. The Morgan fingerprint density at radius 3 is 2.50 bits per heavy atom. The minimum atomic E-state index is -0.569. The molecule has 0 spiro atoms. The Labute approximate surface area is 179 Å². The van der Waals surface area contributed by atoms with E-state index in [2.05, 4.69) is 5.32 Å². The van der Waals surface area contributed by atoms with Crippen molar-refractivity contribution >= 4 is 11.8 Å². The number of hydrogen-bond acceptors (Lipinski definition) is 3. The van der Waals surface area contributed by atoms with Crippen molar-refractivity contribution in [3.05, 3.63) is 65.2 Å². The SMILES string of the molecule is Cc1ccc(C)c(OCC(=O)N(Cc2ccccc2)[C@@H](C)C(=O)NC2CCCC2)c1. The summed E-state index contributed by atoms with van der Waals surface area (Å²) in [5.74, 6) is 0.401. The molecular formula is C25H32N2O3. The largest absolute Gasteiger partial charge is 0.483 e. The molecule has 160 valence electrons. The van der Waals surface area contributed by atoms with Gasteiger partial charge >= 0.3 is 0 Å². The first-order chi connectivity index (χ1) is 14.4. The molecule has 0 unspecified atom stereocenters. The van der Waals surface area contributed by atoms with Crippen LogP contribution in [0, 0.1) is 13.8 Å². The summed E-state index contributed by atoms with van der Waals surface area (Å²) in [6, 6.07) is 15.3. The number of nitrogens with one attached hydrogen (secondary N) is 1.